The van der Waals surface area contributed by atoms with Gasteiger partial charge in [-0.2, -0.15) is 5.26 Å². The second kappa shape index (κ2) is 7.91. The molecule has 4 nitrogen and oxygen atoms in total. The van der Waals surface area contributed by atoms with Gasteiger partial charge in [0.25, 0.3) is 0 Å². The molecule has 4 aromatic rings. The molecule has 4 atom stereocenters. The number of piperidine rings is 1. The number of halogens is 1. The predicted molar refractivity (Wildman–Crippen MR) is 139 cm³/mol. The molecular formula is C32H25FN4. The number of nitrogens with zero attached hydrogens (tertiary/aromatic N) is 4. The number of nitriles is 1. The molecule has 2 aliphatic heterocycles. The quantitative estimate of drug-likeness (QED) is 0.284. The third kappa shape index (κ3) is 3.08. The molecule has 0 spiro atoms. The van der Waals surface area contributed by atoms with E-state index in [9.17, 15) is 15.2 Å². The van der Waals surface area contributed by atoms with E-state index < -0.39 is 5.54 Å². The fourth-order valence-electron chi connectivity index (χ4n) is 7.57. The Morgan fingerprint density at radius 2 is 1.70 bits per heavy atom. The van der Waals surface area contributed by atoms with Gasteiger partial charge in [0.05, 0.1) is 11.3 Å². The Labute approximate surface area is 215 Å². The van der Waals surface area contributed by atoms with Crippen molar-refractivity contribution in [2.75, 3.05) is 0 Å². The monoisotopic (exact) mass is 484 g/mol. The van der Waals surface area contributed by atoms with Gasteiger partial charge in [0.1, 0.15) is 11.9 Å². The van der Waals surface area contributed by atoms with Crippen molar-refractivity contribution in [3.8, 4) is 28.5 Å². The highest BCUT2D eigenvalue weighted by atomic mass is 19.1. The number of hydrogen-bond acceptors (Lipinski definition) is 2. The molecule has 4 aliphatic rings. The van der Waals surface area contributed by atoms with Crippen molar-refractivity contribution in [2.45, 2.75) is 36.8 Å². The van der Waals surface area contributed by atoms with Gasteiger partial charge < -0.3 is 10.2 Å². The van der Waals surface area contributed by atoms with Gasteiger partial charge in [-0.15, -0.1) is 0 Å². The summed E-state index contributed by atoms with van der Waals surface area (Å²) in [6.07, 6.45) is 5.40. The van der Waals surface area contributed by atoms with Crippen molar-refractivity contribution in [1.82, 2.24) is 4.98 Å². The van der Waals surface area contributed by atoms with Crippen LogP contribution in [0.2, 0.25) is 0 Å². The summed E-state index contributed by atoms with van der Waals surface area (Å²) in [6.45, 7) is 0. The number of benzene rings is 3. The van der Waals surface area contributed by atoms with Gasteiger partial charge in [0.2, 0.25) is 0 Å². The molecule has 4 fully saturated rings. The third-order valence-corrected chi connectivity index (χ3v) is 9.14. The van der Waals surface area contributed by atoms with E-state index in [2.05, 4.69) is 35.3 Å². The number of rotatable bonds is 5. The zero-order valence-electron chi connectivity index (χ0n) is 20.3. The maximum atomic E-state index is 13.6. The van der Waals surface area contributed by atoms with Gasteiger partial charge in [-0.05, 0) is 47.9 Å². The van der Waals surface area contributed by atoms with E-state index in [1.54, 1.807) is 10.9 Å². The molecular weight excluding hydrogens is 459 g/mol. The maximum Gasteiger partial charge on any atom is 0.180 e. The first-order valence-corrected chi connectivity index (χ1v) is 12.8. The van der Waals surface area contributed by atoms with Gasteiger partial charge >= 0.3 is 0 Å². The Balaban J connectivity index is 1.20. The van der Waals surface area contributed by atoms with Crippen LogP contribution in [0.4, 0.5) is 4.39 Å². The minimum absolute atomic E-state index is 0.244. The molecule has 2 saturated heterocycles. The average molecular weight is 485 g/mol. The summed E-state index contributed by atoms with van der Waals surface area (Å²) in [5, 5.41) is 9.41. The summed E-state index contributed by atoms with van der Waals surface area (Å²) in [5.41, 5.74) is 17.4. The van der Waals surface area contributed by atoms with Crippen molar-refractivity contribution in [3.63, 3.8) is 0 Å². The van der Waals surface area contributed by atoms with Crippen molar-refractivity contribution < 1.29 is 9.09 Å². The maximum absolute atomic E-state index is 13.6. The highest BCUT2D eigenvalue weighted by Crippen LogP contribution is 2.71. The minimum Gasteiger partial charge on any atom is -0.505 e. The summed E-state index contributed by atoms with van der Waals surface area (Å²) < 4.78 is 15.2. The fourth-order valence-corrected chi connectivity index (χ4v) is 7.57. The first-order chi connectivity index (χ1) is 18.0. The standard InChI is InChI=1S/C32H25FN4/c33-28-12-10-25(11-13-28)32-18-26-15-27(32)17-31(26,37(32)35)16-21-6-8-24(9-7-21)30-29(14-22(19-34)20-36-30)23-4-2-1-3-5-23/h1-14,20,26-27H,15-18H2. The average Bonchev–Trinajstić information content (AvgIpc) is 3.62. The first kappa shape index (κ1) is 22.1. The third-order valence-electron chi connectivity index (χ3n) is 9.14. The topological polar surface area (TPSA) is 62.0 Å². The molecule has 5 heteroatoms. The molecule has 0 amide bonds. The SMILES string of the molecule is N#Cc1cnc(-c2ccc(CC34CC5CC3CC5(c3ccc(F)cc3)[N+]4=[N-])cc2)c(-c2ccccc2)c1. The largest absolute Gasteiger partial charge is 0.505 e. The second-order valence-corrected chi connectivity index (χ2v) is 10.9. The summed E-state index contributed by atoms with van der Waals surface area (Å²) in [5.74, 6) is 0.576. The molecule has 4 bridgehead atoms. The summed E-state index contributed by atoms with van der Waals surface area (Å²) in [7, 11) is 0. The van der Waals surface area contributed by atoms with E-state index in [1.165, 1.54) is 17.7 Å². The summed E-state index contributed by atoms with van der Waals surface area (Å²) in [6, 6.07) is 29.3. The lowest BCUT2D eigenvalue weighted by molar-refractivity contribution is -0.668. The summed E-state index contributed by atoms with van der Waals surface area (Å²) >= 11 is 0. The van der Waals surface area contributed by atoms with Crippen LogP contribution < -0.4 is 0 Å². The van der Waals surface area contributed by atoms with Gasteiger partial charge in [-0.1, -0.05) is 54.6 Å². The minimum atomic E-state index is -0.394. The first-order valence-electron chi connectivity index (χ1n) is 12.8. The molecule has 3 aromatic carbocycles. The molecule has 2 saturated carbocycles. The van der Waals surface area contributed by atoms with Crippen LogP contribution in [-0.2, 0) is 12.0 Å². The Morgan fingerprint density at radius 3 is 2.38 bits per heavy atom. The van der Waals surface area contributed by atoms with Crippen molar-refractivity contribution in [1.29, 1.82) is 5.26 Å². The van der Waals surface area contributed by atoms with E-state index in [1.807, 2.05) is 48.5 Å². The van der Waals surface area contributed by atoms with Gasteiger partial charge in [-0.25, -0.2) is 4.39 Å². The number of hydrogen-bond donors (Lipinski definition) is 0. The highest BCUT2D eigenvalue weighted by Gasteiger charge is 2.78. The van der Waals surface area contributed by atoms with E-state index in [0.717, 1.165) is 53.6 Å². The predicted octanol–water partition coefficient (Wildman–Crippen LogP) is 7.08. The van der Waals surface area contributed by atoms with Crippen LogP contribution in [0.15, 0.2) is 91.1 Å². The lowest BCUT2D eigenvalue weighted by Gasteiger charge is -2.32. The second-order valence-electron chi connectivity index (χ2n) is 10.9. The van der Waals surface area contributed by atoms with E-state index >= 15 is 0 Å². The molecule has 1 aromatic heterocycles. The van der Waals surface area contributed by atoms with Crippen LogP contribution in [-0.4, -0.2) is 15.2 Å². The molecule has 0 radical (unpaired) electrons. The van der Waals surface area contributed by atoms with Gasteiger partial charge in [0, 0.05) is 54.0 Å². The van der Waals surface area contributed by atoms with Crippen molar-refractivity contribution >= 4 is 0 Å². The molecule has 0 N–H and O–H groups in total. The van der Waals surface area contributed by atoms with E-state index in [-0.39, 0.29) is 11.4 Å². The number of aromatic nitrogens is 1. The molecule has 3 heterocycles. The van der Waals surface area contributed by atoms with Crippen LogP contribution in [0, 0.1) is 29.0 Å². The normalized spacial score (nSPS) is 27.1. The zero-order chi connectivity index (χ0) is 25.2. The summed E-state index contributed by atoms with van der Waals surface area (Å²) in [4.78, 5) is 4.65. The van der Waals surface area contributed by atoms with Gasteiger partial charge in [-0.3, -0.25) is 4.98 Å². The van der Waals surface area contributed by atoms with Crippen LogP contribution in [0.25, 0.3) is 27.9 Å². The Morgan fingerprint density at radius 1 is 0.946 bits per heavy atom. The Bertz CT molecular complexity index is 1570. The molecule has 4 unspecified atom stereocenters. The van der Waals surface area contributed by atoms with Crippen molar-refractivity contribution in [2.24, 2.45) is 11.8 Å². The highest BCUT2D eigenvalue weighted by molar-refractivity contribution is 5.81. The Kier molecular flexibility index (Phi) is 4.72. The molecule has 37 heavy (non-hydrogen) atoms. The smallest absolute Gasteiger partial charge is 0.180 e. The van der Waals surface area contributed by atoms with Crippen LogP contribution in [0.1, 0.15) is 36.0 Å². The number of pyridine rings is 1. The fraction of sp³-hybridized carbons (Fsp3) is 0.250. The van der Waals surface area contributed by atoms with Gasteiger partial charge in [0.15, 0.2) is 11.1 Å². The van der Waals surface area contributed by atoms with E-state index in [0.29, 0.717) is 17.4 Å². The van der Waals surface area contributed by atoms with Crippen LogP contribution in [0.3, 0.4) is 0 Å². The van der Waals surface area contributed by atoms with Crippen LogP contribution >= 0.6 is 0 Å². The Hall–Kier alpha value is -4.17. The molecule has 180 valence electrons. The lowest BCUT2D eigenvalue weighted by Crippen LogP contribution is -2.42. The lowest BCUT2D eigenvalue weighted by atomic mass is 9.76. The molecule has 8 rings (SSSR count). The zero-order valence-corrected chi connectivity index (χ0v) is 20.3. The van der Waals surface area contributed by atoms with Crippen LogP contribution in [0.5, 0.6) is 0 Å². The molecule has 2 aliphatic carbocycles. The van der Waals surface area contributed by atoms with E-state index in [4.69, 9.17) is 0 Å². The van der Waals surface area contributed by atoms with Crippen molar-refractivity contribution in [3.05, 3.63) is 119 Å².